The van der Waals surface area contributed by atoms with Gasteiger partial charge in [-0.2, -0.15) is 0 Å². The molecule has 1 saturated carbocycles. The molecule has 5 heteroatoms. The Labute approximate surface area is 105 Å². The lowest BCUT2D eigenvalue weighted by atomic mass is 9.90. The number of nitrogens with zero attached hydrogens (tertiary/aromatic N) is 1. The van der Waals surface area contributed by atoms with Crippen molar-refractivity contribution in [1.82, 2.24) is 5.16 Å². The molecule has 18 heavy (non-hydrogen) atoms. The van der Waals surface area contributed by atoms with Gasteiger partial charge in [0.2, 0.25) is 11.5 Å². The van der Waals surface area contributed by atoms with Crippen LogP contribution in [-0.2, 0) is 4.79 Å². The van der Waals surface area contributed by atoms with Crippen molar-refractivity contribution in [2.24, 2.45) is 11.8 Å². The van der Waals surface area contributed by atoms with E-state index in [0.29, 0.717) is 12.8 Å². The molecule has 1 aliphatic carbocycles. The normalized spacial score (nSPS) is 23.5. The number of Topliss-reactive ketones (excluding diaryl/α,β-unsaturated/α-hetero) is 1. The number of carboxylic acid groups (broad SMARTS) is 1. The summed E-state index contributed by atoms with van der Waals surface area (Å²) in [6.45, 7) is 3.92. The first kappa shape index (κ1) is 12.8. The lowest BCUT2D eigenvalue weighted by molar-refractivity contribution is -0.142. The minimum absolute atomic E-state index is 0.189. The van der Waals surface area contributed by atoms with Gasteiger partial charge < -0.3 is 9.63 Å². The van der Waals surface area contributed by atoms with E-state index in [1.165, 1.54) is 0 Å². The summed E-state index contributed by atoms with van der Waals surface area (Å²) in [7, 11) is 0. The van der Waals surface area contributed by atoms with Crippen molar-refractivity contribution in [2.75, 3.05) is 0 Å². The molecule has 0 radical (unpaired) electrons. The summed E-state index contributed by atoms with van der Waals surface area (Å²) in [4.78, 5) is 23.3. The van der Waals surface area contributed by atoms with Crippen molar-refractivity contribution in [3.05, 3.63) is 17.5 Å². The number of ketones is 1. The number of carboxylic acids is 1. The molecular weight excluding hydrogens is 234 g/mol. The second-order valence-corrected chi connectivity index (χ2v) is 5.12. The fraction of sp³-hybridized carbons (Fsp3) is 0.615. The summed E-state index contributed by atoms with van der Waals surface area (Å²) in [5.41, 5.74) is 0.725. The second-order valence-electron chi connectivity index (χ2n) is 5.12. The lowest BCUT2D eigenvalue weighted by Gasteiger charge is -2.11. The summed E-state index contributed by atoms with van der Waals surface area (Å²) in [5, 5.41) is 12.9. The fourth-order valence-corrected chi connectivity index (χ4v) is 2.43. The van der Waals surface area contributed by atoms with E-state index in [4.69, 9.17) is 9.63 Å². The SMILES string of the molecule is CC(C)c1cc(C(=O)C2CCC[C@@H]2C(=O)O)on1. The summed E-state index contributed by atoms with van der Waals surface area (Å²) in [6.07, 6.45) is 1.96. The molecule has 0 amide bonds. The van der Waals surface area contributed by atoms with Crippen LogP contribution in [0.25, 0.3) is 0 Å². The Morgan fingerprint density at radius 1 is 1.39 bits per heavy atom. The van der Waals surface area contributed by atoms with Crippen LogP contribution in [0.5, 0.6) is 0 Å². The molecule has 0 bridgehead atoms. The summed E-state index contributed by atoms with van der Waals surface area (Å²) in [6, 6.07) is 1.63. The number of carbonyl (C=O) groups is 2. The van der Waals surface area contributed by atoms with Gasteiger partial charge in [0.05, 0.1) is 11.6 Å². The Hall–Kier alpha value is -1.65. The largest absolute Gasteiger partial charge is 0.481 e. The van der Waals surface area contributed by atoms with Gasteiger partial charge >= 0.3 is 5.97 Å². The van der Waals surface area contributed by atoms with Gasteiger partial charge in [-0.3, -0.25) is 9.59 Å². The van der Waals surface area contributed by atoms with Crippen LogP contribution in [0.15, 0.2) is 10.6 Å². The Morgan fingerprint density at radius 2 is 2.06 bits per heavy atom. The summed E-state index contributed by atoms with van der Waals surface area (Å²) >= 11 is 0. The van der Waals surface area contributed by atoms with Gasteiger partial charge in [0.1, 0.15) is 0 Å². The first-order chi connectivity index (χ1) is 8.50. The average Bonchev–Trinajstić information content (AvgIpc) is 2.97. The molecule has 2 atom stereocenters. The third-order valence-electron chi connectivity index (χ3n) is 3.53. The highest BCUT2D eigenvalue weighted by Crippen LogP contribution is 2.34. The predicted octanol–water partition coefficient (Wildman–Crippen LogP) is 2.48. The molecule has 0 aromatic carbocycles. The standard InChI is InChI=1S/C13H17NO4/c1-7(2)10-6-11(18-14-10)12(15)8-4-3-5-9(8)13(16)17/h6-9H,3-5H2,1-2H3,(H,16,17)/t8?,9-/m0/s1. The van der Waals surface area contributed by atoms with E-state index in [2.05, 4.69) is 5.16 Å². The summed E-state index contributed by atoms with van der Waals surface area (Å²) < 4.78 is 5.04. The monoisotopic (exact) mass is 251 g/mol. The fourth-order valence-electron chi connectivity index (χ4n) is 2.43. The van der Waals surface area contributed by atoms with Crippen molar-refractivity contribution < 1.29 is 19.2 Å². The first-order valence-corrected chi connectivity index (χ1v) is 6.24. The molecule has 0 saturated heterocycles. The first-order valence-electron chi connectivity index (χ1n) is 6.24. The van der Waals surface area contributed by atoms with Gasteiger partial charge in [-0.25, -0.2) is 0 Å². The van der Waals surface area contributed by atoms with Crippen LogP contribution in [-0.4, -0.2) is 22.0 Å². The summed E-state index contributed by atoms with van der Waals surface area (Å²) in [5.74, 6) is -1.78. The van der Waals surface area contributed by atoms with E-state index in [-0.39, 0.29) is 17.5 Å². The van der Waals surface area contributed by atoms with Gasteiger partial charge in [-0.15, -0.1) is 0 Å². The van der Waals surface area contributed by atoms with Crippen LogP contribution in [0.3, 0.4) is 0 Å². The van der Waals surface area contributed by atoms with Crippen molar-refractivity contribution in [2.45, 2.75) is 39.0 Å². The predicted molar refractivity (Wildman–Crippen MR) is 63.4 cm³/mol. The topological polar surface area (TPSA) is 80.4 Å². The molecule has 1 aromatic rings. The smallest absolute Gasteiger partial charge is 0.307 e. The molecule has 1 aromatic heterocycles. The Balaban J connectivity index is 2.17. The van der Waals surface area contributed by atoms with Crippen molar-refractivity contribution in [1.29, 1.82) is 0 Å². The van der Waals surface area contributed by atoms with Crippen molar-refractivity contribution in [3.8, 4) is 0 Å². The number of aliphatic carboxylic acids is 1. The highest BCUT2D eigenvalue weighted by atomic mass is 16.5. The van der Waals surface area contributed by atoms with Crippen LogP contribution in [0, 0.1) is 11.8 Å². The van der Waals surface area contributed by atoms with Crippen LogP contribution in [0.4, 0.5) is 0 Å². The van der Waals surface area contributed by atoms with Crippen molar-refractivity contribution in [3.63, 3.8) is 0 Å². The molecule has 0 aliphatic heterocycles. The number of aromatic nitrogens is 1. The molecular formula is C13H17NO4. The van der Waals surface area contributed by atoms with Gasteiger partial charge in [0.25, 0.3) is 0 Å². The highest BCUT2D eigenvalue weighted by molar-refractivity contribution is 5.98. The zero-order valence-electron chi connectivity index (χ0n) is 10.5. The van der Waals surface area contributed by atoms with E-state index < -0.39 is 17.8 Å². The van der Waals surface area contributed by atoms with Gasteiger partial charge in [-0.05, 0) is 18.8 Å². The van der Waals surface area contributed by atoms with Crippen LogP contribution in [0.2, 0.25) is 0 Å². The van der Waals surface area contributed by atoms with E-state index in [9.17, 15) is 9.59 Å². The van der Waals surface area contributed by atoms with Crippen LogP contribution >= 0.6 is 0 Å². The Kier molecular flexibility index (Phi) is 3.50. The molecule has 1 aliphatic rings. The Bertz CT molecular complexity index is 463. The van der Waals surface area contributed by atoms with Crippen LogP contribution in [0.1, 0.15) is 55.3 Å². The quantitative estimate of drug-likeness (QED) is 0.831. The molecule has 1 fully saturated rings. The highest BCUT2D eigenvalue weighted by Gasteiger charge is 2.39. The number of hydrogen-bond acceptors (Lipinski definition) is 4. The third-order valence-corrected chi connectivity index (χ3v) is 3.53. The minimum Gasteiger partial charge on any atom is -0.481 e. The van der Waals surface area contributed by atoms with E-state index in [0.717, 1.165) is 12.1 Å². The molecule has 0 spiro atoms. The second kappa shape index (κ2) is 4.92. The third kappa shape index (κ3) is 2.30. The zero-order valence-corrected chi connectivity index (χ0v) is 10.5. The van der Waals surface area contributed by atoms with Gasteiger partial charge in [0, 0.05) is 12.0 Å². The number of carbonyl (C=O) groups excluding carboxylic acids is 1. The molecule has 5 nitrogen and oxygen atoms in total. The molecule has 1 unspecified atom stereocenters. The minimum atomic E-state index is -0.894. The van der Waals surface area contributed by atoms with Crippen LogP contribution < -0.4 is 0 Å². The number of hydrogen-bond donors (Lipinski definition) is 1. The van der Waals surface area contributed by atoms with Gasteiger partial charge in [-0.1, -0.05) is 25.4 Å². The molecule has 2 rings (SSSR count). The maximum absolute atomic E-state index is 12.2. The molecule has 98 valence electrons. The van der Waals surface area contributed by atoms with Crippen molar-refractivity contribution >= 4 is 11.8 Å². The molecule has 1 N–H and O–H groups in total. The zero-order chi connectivity index (χ0) is 13.3. The molecule has 1 heterocycles. The Morgan fingerprint density at radius 3 is 2.61 bits per heavy atom. The van der Waals surface area contributed by atoms with E-state index >= 15 is 0 Å². The maximum atomic E-state index is 12.2. The van der Waals surface area contributed by atoms with E-state index in [1.54, 1.807) is 6.07 Å². The average molecular weight is 251 g/mol. The maximum Gasteiger partial charge on any atom is 0.307 e. The van der Waals surface area contributed by atoms with E-state index in [1.807, 2.05) is 13.8 Å². The van der Waals surface area contributed by atoms with Gasteiger partial charge in [0.15, 0.2) is 0 Å². The number of rotatable bonds is 4. The lowest BCUT2D eigenvalue weighted by Crippen LogP contribution is -2.25.